The van der Waals surface area contributed by atoms with Gasteiger partial charge in [0.05, 0.1) is 18.8 Å². The van der Waals surface area contributed by atoms with Crippen molar-refractivity contribution >= 4 is 0 Å². The van der Waals surface area contributed by atoms with Crippen LogP contribution in [0.15, 0.2) is 0 Å². The Morgan fingerprint density at radius 2 is 1.94 bits per heavy atom. The summed E-state index contributed by atoms with van der Waals surface area (Å²) >= 11 is 0. The third-order valence-corrected chi connectivity index (χ3v) is 3.85. The number of rotatable bonds is 6. The van der Waals surface area contributed by atoms with Crippen molar-refractivity contribution in [3.05, 3.63) is 0 Å². The Kier molecular flexibility index (Phi) is 6.45. The zero-order valence-electron chi connectivity index (χ0n) is 11.7. The molecule has 0 saturated heterocycles. The Hall–Kier alpha value is -0.120. The van der Waals surface area contributed by atoms with Crippen molar-refractivity contribution in [3.8, 4) is 0 Å². The molecule has 1 aliphatic carbocycles. The maximum Gasteiger partial charge on any atom is 0.147 e. The van der Waals surface area contributed by atoms with Crippen LogP contribution < -0.4 is 0 Å². The Morgan fingerprint density at radius 1 is 1.24 bits per heavy atom. The van der Waals surface area contributed by atoms with Gasteiger partial charge in [0, 0.05) is 0 Å². The molecule has 0 bridgehead atoms. The van der Waals surface area contributed by atoms with Crippen LogP contribution in [0.3, 0.4) is 0 Å². The van der Waals surface area contributed by atoms with E-state index in [0.717, 1.165) is 12.3 Å². The first kappa shape index (κ1) is 14.9. The minimum absolute atomic E-state index is 0.0536. The van der Waals surface area contributed by atoms with E-state index in [9.17, 15) is 0 Å². The van der Waals surface area contributed by atoms with Crippen molar-refractivity contribution in [1.82, 2.24) is 0 Å². The van der Waals surface area contributed by atoms with Crippen LogP contribution in [0.4, 0.5) is 0 Å². The van der Waals surface area contributed by atoms with Gasteiger partial charge in [-0.2, -0.15) is 0 Å². The van der Waals surface area contributed by atoms with E-state index in [1.807, 2.05) is 6.92 Å². The van der Waals surface area contributed by atoms with Crippen LogP contribution in [-0.4, -0.2) is 30.7 Å². The summed E-state index contributed by atoms with van der Waals surface area (Å²) in [5.74, 6) is 2.08. The predicted octanol–water partition coefficient (Wildman–Crippen LogP) is 2.82. The van der Waals surface area contributed by atoms with E-state index < -0.39 is 0 Å². The molecule has 0 radical (unpaired) electrons. The molecule has 0 aromatic heterocycles. The average molecular weight is 244 g/mol. The molecule has 0 heterocycles. The summed E-state index contributed by atoms with van der Waals surface area (Å²) in [6.45, 7) is 9.06. The summed E-state index contributed by atoms with van der Waals surface area (Å²) < 4.78 is 11.3. The molecule has 17 heavy (non-hydrogen) atoms. The molecular weight excluding hydrogens is 216 g/mol. The maximum absolute atomic E-state index is 8.87. The normalized spacial score (nSPS) is 31.8. The van der Waals surface area contributed by atoms with Crippen molar-refractivity contribution in [3.63, 3.8) is 0 Å². The van der Waals surface area contributed by atoms with Crippen LogP contribution in [0.1, 0.15) is 47.0 Å². The SMILES string of the molecule is CC(C)[C@@H]1CC[C@H](C)C[C@H]1OCO[C@@H](C)CO. The van der Waals surface area contributed by atoms with E-state index >= 15 is 0 Å². The molecule has 3 nitrogen and oxygen atoms in total. The van der Waals surface area contributed by atoms with Gasteiger partial charge in [-0.3, -0.25) is 0 Å². The van der Waals surface area contributed by atoms with Crippen molar-refractivity contribution in [2.24, 2.45) is 17.8 Å². The smallest absolute Gasteiger partial charge is 0.147 e. The van der Waals surface area contributed by atoms with Gasteiger partial charge in [0.15, 0.2) is 0 Å². The molecule has 0 amide bonds. The number of aliphatic hydroxyl groups excluding tert-OH is 1. The van der Waals surface area contributed by atoms with Gasteiger partial charge >= 0.3 is 0 Å². The second-order valence-electron chi connectivity index (χ2n) is 5.81. The highest BCUT2D eigenvalue weighted by molar-refractivity contribution is 4.81. The Bertz CT molecular complexity index is 206. The summed E-state index contributed by atoms with van der Waals surface area (Å²) in [6, 6.07) is 0. The largest absolute Gasteiger partial charge is 0.394 e. The van der Waals surface area contributed by atoms with Gasteiger partial charge in [-0.15, -0.1) is 0 Å². The lowest BCUT2D eigenvalue weighted by molar-refractivity contribution is -0.150. The maximum atomic E-state index is 8.87. The highest BCUT2D eigenvalue weighted by Crippen LogP contribution is 2.35. The van der Waals surface area contributed by atoms with E-state index in [1.54, 1.807) is 0 Å². The lowest BCUT2D eigenvalue weighted by Gasteiger charge is -2.37. The van der Waals surface area contributed by atoms with Crippen molar-refractivity contribution < 1.29 is 14.6 Å². The fraction of sp³-hybridized carbons (Fsp3) is 1.00. The molecule has 1 fully saturated rings. The molecule has 0 spiro atoms. The second-order valence-corrected chi connectivity index (χ2v) is 5.81. The minimum Gasteiger partial charge on any atom is -0.394 e. The van der Waals surface area contributed by atoms with E-state index in [4.69, 9.17) is 14.6 Å². The fourth-order valence-corrected chi connectivity index (χ4v) is 2.60. The third kappa shape index (κ3) is 4.94. The molecule has 1 rings (SSSR count). The quantitative estimate of drug-likeness (QED) is 0.730. The molecule has 1 N–H and O–H groups in total. The molecule has 0 unspecified atom stereocenters. The summed E-state index contributed by atoms with van der Waals surface area (Å²) in [6.07, 6.45) is 3.91. The third-order valence-electron chi connectivity index (χ3n) is 3.85. The van der Waals surface area contributed by atoms with E-state index in [2.05, 4.69) is 20.8 Å². The number of hydrogen-bond donors (Lipinski definition) is 1. The molecule has 4 atom stereocenters. The van der Waals surface area contributed by atoms with E-state index in [-0.39, 0.29) is 12.7 Å². The van der Waals surface area contributed by atoms with Gasteiger partial charge in [-0.05, 0) is 37.5 Å². The summed E-state index contributed by atoms with van der Waals surface area (Å²) in [4.78, 5) is 0. The zero-order valence-corrected chi connectivity index (χ0v) is 11.7. The number of aliphatic hydroxyl groups is 1. The van der Waals surface area contributed by atoms with E-state index in [1.165, 1.54) is 12.8 Å². The first-order valence-electron chi connectivity index (χ1n) is 6.88. The van der Waals surface area contributed by atoms with Crippen molar-refractivity contribution in [2.75, 3.05) is 13.4 Å². The lowest BCUT2D eigenvalue weighted by Crippen LogP contribution is -2.35. The molecule has 0 aliphatic heterocycles. The van der Waals surface area contributed by atoms with Crippen LogP contribution in [0.5, 0.6) is 0 Å². The summed E-state index contributed by atoms with van der Waals surface area (Å²) in [7, 11) is 0. The Balaban J connectivity index is 2.36. The molecule has 0 aromatic carbocycles. The molecule has 0 aromatic rings. The zero-order chi connectivity index (χ0) is 12.8. The van der Waals surface area contributed by atoms with Crippen LogP contribution in [-0.2, 0) is 9.47 Å². The summed E-state index contributed by atoms with van der Waals surface area (Å²) in [5, 5.41) is 8.87. The predicted molar refractivity (Wildman–Crippen MR) is 68.7 cm³/mol. The van der Waals surface area contributed by atoms with Gasteiger partial charge < -0.3 is 14.6 Å². The van der Waals surface area contributed by atoms with Crippen LogP contribution in [0, 0.1) is 17.8 Å². The van der Waals surface area contributed by atoms with Crippen LogP contribution >= 0.6 is 0 Å². The van der Waals surface area contributed by atoms with Crippen molar-refractivity contribution in [2.45, 2.75) is 59.2 Å². The van der Waals surface area contributed by atoms with Crippen LogP contribution in [0.2, 0.25) is 0 Å². The number of ether oxygens (including phenoxy) is 2. The highest BCUT2D eigenvalue weighted by Gasteiger charge is 2.31. The first-order chi connectivity index (χ1) is 8.04. The molecule has 1 aliphatic rings. The van der Waals surface area contributed by atoms with Gasteiger partial charge in [0.25, 0.3) is 0 Å². The molecule has 1 saturated carbocycles. The molecular formula is C14H28O3. The van der Waals surface area contributed by atoms with Gasteiger partial charge in [0.2, 0.25) is 0 Å². The fourth-order valence-electron chi connectivity index (χ4n) is 2.60. The number of hydrogen-bond acceptors (Lipinski definition) is 3. The van der Waals surface area contributed by atoms with Gasteiger partial charge in [-0.1, -0.05) is 27.2 Å². The minimum atomic E-state index is -0.131. The second kappa shape index (κ2) is 7.34. The van der Waals surface area contributed by atoms with Crippen LogP contribution in [0.25, 0.3) is 0 Å². The average Bonchev–Trinajstić information content (AvgIpc) is 2.28. The van der Waals surface area contributed by atoms with Gasteiger partial charge in [-0.25, -0.2) is 0 Å². The monoisotopic (exact) mass is 244 g/mol. The molecule has 102 valence electrons. The van der Waals surface area contributed by atoms with E-state index in [0.29, 0.717) is 24.7 Å². The van der Waals surface area contributed by atoms with Crippen molar-refractivity contribution in [1.29, 1.82) is 0 Å². The molecule has 3 heteroatoms. The highest BCUT2D eigenvalue weighted by atomic mass is 16.7. The summed E-state index contributed by atoms with van der Waals surface area (Å²) in [5.41, 5.74) is 0. The Labute approximate surface area is 105 Å². The lowest BCUT2D eigenvalue weighted by atomic mass is 9.75. The topological polar surface area (TPSA) is 38.7 Å². The first-order valence-corrected chi connectivity index (χ1v) is 6.88. The Morgan fingerprint density at radius 3 is 2.53 bits per heavy atom. The standard InChI is InChI=1S/C14H28O3/c1-10(2)13-6-5-11(3)7-14(13)17-9-16-12(4)8-15/h10-15H,5-9H2,1-4H3/t11-,12-,13-,14+/m0/s1. The van der Waals surface area contributed by atoms with Gasteiger partial charge in [0.1, 0.15) is 6.79 Å².